The molecule has 0 bridgehead atoms. The van der Waals surface area contributed by atoms with Crippen molar-refractivity contribution in [1.29, 1.82) is 0 Å². The highest BCUT2D eigenvalue weighted by Crippen LogP contribution is 2.19. The molecular formula is C9H10FNO3. The van der Waals surface area contributed by atoms with E-state index in [1.54, 1.807) is 0 Å². The molecule has 0 atom stereocenters. The fourth-order valence-corrected chi connectivity index (χ4v) is 1.15. The molecule has 0 heterocycles. The number of rotatable bonds is 4. The Bertz CT molecular complexity index is 341. The molecule has 14 heavy (non-hydrogen) atoms. The van der Waals surface area contributed by atoms with E-state index in [0.29, 0.717) is 11.3 Å². The monoisotopic (exact) mass is 199 g/mol. The molecule has 4 nitrogen and oxygen atoms in total. The Balaban J connectivity index is 2.82. The van der Waals surface area contributed by atoms with E-state index in [9.17, 15) is 14.5 Å². The van der Waals surface area contributed by atoms with Gasteiger partial charge in [0, 0.05) is 16.9 Å². The van der Waals surface area contributed by atoms with Gasteiger partial charge in [-0.15, -0.1) is 0 Å². The quantitative estimate of drug-likeness (QED) is 0.547. The van der Waals surface area contributed by atoms with Gasteiger partial charge in [-0.1, -0.05) is 0 Å². The van der Waals surface area contributed by atoms with Crippen LogP contribution in [0.1, 0.15) is 5.56 Å². The Labute approximate surface area is 80.5 Å². The van der Waals surface area contributed by atoms with Gasteiger partial charge < -0.3 is 4.74 Å². The van der Waals surface area contributed by atoms with E-state index in [2.05, 4.69) is 0 Å². The van der Waals surface area contributed by atoms with Crippen molar-refractivity contribution < 1.29 is 14.1 Å². The van der Waals surface area contributed by atoms with Crippen LogP contribution in [-0.2, 0) is 6.42 Å². The second-order valence-corrected chi connectivity index (χ2v) is 2.76. The van der Waals surface area contributed by atoms with Crippen molar-refractivity contribution in [3.63, 3.8) is 0 Å². The first-order chi connectivity index (χ1) is 6.63. The van der Waals surface area contributed by atoms with Crippen LogP contribution in [-0.4, -0.2) is 18.6 Å². The fourth-order valence-electron chi connectivity index (χ4n) is 1.15. The Morgan fingerprint density at radius 2 is 2.29 bits per heavy atom. The molecular weight excluding hydrogens is 189 g/mol. The van der Waals surface area contributed by atoms with Gasteiger partial charge in [-0.25, -0.2) is 4.39 Å². The minimum absolute atomic E-state index is 0.175. The van der Waals surface area contributed by atoms with E-state index in [-0.39, 0.29) is 13.0 Å². The lowest BCUT2D eigenvalue weighted by Crippen LogP contribution is -2.05. The van der Waals surface area contributed by atoms with Crippen LogP contribution in [0.25, 0.3) is 0 Å². The number of nitrogens with zero attached hydrogens (tertiary/aromatic N) is 1. The van der Waals surface area contributed by atoms with Gasteiger partial charge in [-0.2, -0.15) is 0 Å². The fraction of sp³-hybridized carbons (Fsp3) is 0.333. The zero-order chi connectivity index (χ0) is 10.6. The molecule has 0 saturated heterocycles. The summed E-state index contributed by atoms with van der Waals surface area (Å²) in [5.41, 5.74) is 0.518. The van der Waals surface area contributed by atoms with Crippen molar-refractivity contribution in [2.45, 2.75) is 6.42 Å². The number of nitro groups is 1. The molecule has 0 aliphatic rings. The largest absolute Gasteiger partial charge is 0.496 e. The van der Waals surface area contributed by atoms with Gasteiger partial charge in [0.1, 0.15) is 11.6 Å². The first kappa shape index (κ1) is 10.4. The summed E-state index contributed by atoms with van der Waals surface area (Å²) in [6.07, 6.45) is 0.175. The van der Waals surface area contributed by atoms with Crippen molar-refractivity contribution in [3.05, 3.63) is 39.7 Å². The maximum absolute atomic E-state index is 12.8. The van der Waals surface area contributed by atoms with Gasteiger partial charge in [0.2, 0.25) is 6.54 Å². The third-order valence-electron chi connectivity index (χ3n) is 1.81. The number of halogens is 1. The molecule has 1 aromatic rings. The van der Waals surface area contributed by atoms with Crippen molar-refractivity contribution in [3.8, 4) is 5.75 Å². The first-order valence-corrected chi connectivity index (χ1v) is 4.07. The van der Waals surface area contributed by atoms with E-state index < -0.39 is 10.7 Å². The smallest absolute Gasteiger partial charge is 0.208 e. The number of hydrogen-bond acceptors (Lipinski definition) is 3. The minimum Gasteiger partial charge on any atom is -0.496 e. The minimum atomic E-state index is -0.440. The van der Waals surface area contributed by atoms with Crippen LogP contribution in [0.15, 0.2) is 18.2 Å². The highest BCUT2D eigenvalue weighted by molar-refractivity contribution is 5.33. The zero-order valence-electron chi connectivity index (χ0n) is 7.70. The van der Waals surface area contributed by atoms with Crippen LogP contribution in [0, 0.1) is 15.9 Å². The molecule has 0 N–H and O–H groups in total. The molecule has 1 rings (SSSR count). The second kappa shape index (κ2) is 4.55. The Kier molecular flexibility index (Phi) is 3.39. The summed E-state index contributed by atoms with van der Waals surface area (Å²) in [5.74, 6) is 0.0670. The number of benzene rings is 1. The standard InChI is InChI=1S/C9H10FNO3/c1-14-9-3-2-8(10)6-7(9)4-5-11(12)13/h2-3,6H,4-5H2,1H3. The van der Waals surface area contributed by atoms with Crippen LogP contribution in [0.4, 0.5) is 4.39 Å². The van der Waals surface area contributed by atoms with Gasteiger partial charge in [-0.05, 0) is 18.2 Å². The lowest BCUT2D eigenvalue weighted by molar-refractivity contribution is -0.479. The predicted molar refractivity (Wildman–Crippen MR) is 48.5 cm³/mol. The lowest BCUT2D eigenvalue weighted by Gasteiger charge is -2.05. The molecule has 0 amide bonds. The van der Waals surface area contributed by atoms with Crippen molar-refractivity contribution >= 4 is 0 Å². The topological polar surface area (TPSA) is 52.4 Å². The Morgan fingerprint density at radius 3 is 2.86 bits per heavy atom. The highest BCUT2D eigenvalue weighted by atomic mass is 19.1. The Hall–Kier alpha value is -1.65. The normalized spacial score (nSPS) is 9.86. The molecule has 0 aliphatic heterocycles. The number of hydrogen-bond donors (Lipinski definition) is 0. The summed E-state index contributed by atoms with van der Waals surface area (Å²) in [7, 11) is 1.45. The average Bonchev–Trinajstić information content (AvgIpc) is 2.15. The predicted octanol–water partition coefficient (Wildman–Crippen LogP) is 1.65. The maximum Gasteiger partial charge on any atom is 0.208 e. The number of methoxy groups -OCH3 is 1. The van der Waals surface area contributed by atoms with Crippen molar-refractivity contribution in [2.24, 2.45) is 0 Å². The lowest BCUT2D eigenvalue weighted by atomic mass is 10.1. The summed E-state index contributed by atoms with van der Waals surface area (Å²) in [4.78, 5) is 9.69. The first-order valence-electron chi connectivity index (χ1n) is 4.07. The van der Waals surface area contributed by atoms with Crippen LogP contribution in [0.5, 0.6) is 5.75 Å². The van der Waals surface area contributed by atoms with Crippen LogP contribution >= 0.6 is 0 Å². The van der Waals surface area contributed by atoms with Crippen LogP contribution < -0.4 is 4.74 Å². The summed E-state index contributed by atoms with van der Waals surface area (Å²) in [5, 5.41) is 10.1. The van der Waals surface area contributed by atoms with Gasteiger partial charge in [0.05, 0.1) is 7.11 Å². The molecule has 0 aromatic heterocycles. The summed E-state index contributed by atoms with van der Waals surface area (Å²) >= 11 is 0. The van der Waals surface area contributed by atoms with Gasteiger partial charge in [0.25, 0.3) is 0 Å². The van der Waals surface area contributed by atoms with Crippen molar-refractivity contribution in [2.75, 3.05) is 13.7 Å². The summed E-state index contributed by atoms with van der Waals surface area (Å²) in [6, 6.07) is 3.97. The third kappa shape index (κ3) is 2.69. The third-order valence-corrected chi connectivity index (χ3v) is 1.81. The summed E-state index contributed by atoms with van der Waals surface area (Å²) < 4.78 is 17.7. The van der Waals surface area contributed by atoms with E-state index in [4.69, 9.17) is 4.74 Å². The molecule has 0 saturated carbocycles. The SMILES string of the molecule is COc1ccc(F)cc1CC[N+](=O)[O-]. The van der Waals surface area contributed by atoms with Crippen LogP contribution in [0.2, 0.25) is 0 Å². The van der Waals surface area contributed by atoms with Gasteiger partial charge in [0.15, 0.2) is 0 Å². The number of ether oxygens (including phenoxy) is 1. The molecule has 0 spiro atoms. The van der Waals surface area contributed by atoms with Crippen LogP contribution in [0.3, 0.4) is 0 Å². The Morgan fingerprint density at radius 1 is 1.57 bits per heavy atom. The molecule has 0 unspecified atom stereocenters. The van der Waals surface area contributed by atoms with E-state index in [1.165, 1.54) is 25.3 Å². The van der Waals surface area contributed by atoms with Gasteiger partial charge >= 0.3 is 0 Å². The maximum atomic E-state index is 12.8. The van der Waals surface area contributed by atoms with Crippen molar-refractivity contribution in [1.82, 2.24) is 0 Å². The van der Waals surface area contributed by atoms with E-state index in [0.717, 1.165) is 0 Å². The second-order valence-electron chi connectivity index (χ2n) is 2.76. The molecule has 1 aromatic carbocycles. The van der Waals surface area contributed by atoms with E-state index >= 15 is 0 Å². The molecule has 76 valence electrons. The molecule has 0 aliphatic carbocycles. The molecule has 0 radical (unpaired) electrons. The zero-order valence-corrected chi connectivity index (χ0v) is 7.70. The highest BCUT2D eigenvalue weighted by Gasteiger charge is 2.07. The van der Waals surface area contributed by atoms with E-state index in [1.807, 2.05) is 0 Å². The molecule has 5 heteroatoms. The molecule has 0 fully saturated rings. The average molecular weight is 199 g/mol. The summed E-state index contributed by atoms with van der Waals surface area (Å²) in [6.45, 7) is -0.222. The van der Waals surface area contributed by atoms with Gasteiger partial charge in [-0.3, -0.25) is 10.1 Å².